The van der Waals surface area contributed by atoms with Gasteiger partial charge in [0.2, 0.25) is 11.9 Å². The number of halogens is 4. The lowest BCUT2D eigenvalue weighted by Gasteiger charge is -2.32. The molecule has 2 aliphatic heterocycles. The summed E-state index contributed by atoms with van der Waals surface area (Å²) in [7, 11) is 0. The molecule has 0 aliphatic carbocycles. The van der Waals surface area contributed by atoms with Gasteiger partial charge in [0.1, 0.15) is 36.6 Å². The van der Waals surface area contributed by atoms with E-state index in [9.17, 15) is 30.6 Å². The number of aliphatic hydroxyl groups is 6. The van der Waals surface area contributed by atoms with Gasteiger partial charge >= 0.3 is 0 Å². The molecule has 0 saturated carbocycles. The summed E-state index contributed by atoms with van der Waals surface area (Å²) in [6, 6.07) is 5.71. The fraction of sp³-hybridized carbons (Fsp3) is 0.481. The maximum atomic E-state index is 11.1. The van der Waals surface area contributed by atoms with Gasteiger partial charge in [0.15, 0.2) is 12.5 Å². The van der Waals surface area contributed by atoms with E-state index >= 15 is 0 Å². The summed E-state index contributed by atoms with van der Waals surface area (Å²) in [5, 5.41) is 63.9. The summed E-state index contributed by atoms with van der Waals surface area (Å²) in [6.45, 7) is 2.56. The van der Waals surface area contributed by atoms with Crippen LogP contribution in [0.5, 0.6) is 0 Å². The molecule has 17 heteroatoms. The quantitative estimate of drug-likeness (QED) is 0.168. The van der Waals surface area contributed by atoms with Crippen molar-refractivity contribution in [2.24, 2.45) is 0 Å². The van der Waals surface area contributed by atoms with E-state index in [0.29, 0.717) is 22.1 Å². The largest absolute Gasteiger partial charge is 0.394 e. The number of imidazole rings is 2. The van der Waals surface area contributed by atoms with Gasteiger partial charge in [-0.05, 0) is 38.1 Å². The van der Waals surface area contributed by atoms with Crippen LogP contribution in [0.15, 0.2) is 24.3 Å². The molecule has 0 unspecified atom stereocenters. The number of hydrogen-bond acceptors (Lipinski definition) is 11. The Balaban J connectivity index is 1.64. The topological polar surface area (TPSA) is 179 Å². The third kappa shape index (κ3) is 5.03. The molecule has 6 rings (SSSR count). The molecule has 13 nitrogen and oxygen atoms in total. The van der Waals surface area contributed by atoms with Crippen molar-refractivity contribution >= 4 is 80.4 Å². The van der Waals surface area contributed by atoms with Crippen LogP contribution in [-0.2, 0) is 9.47 Å². The standard InChI is InChI=1S/C27H29Cl4N5O8/c1-9(2)34(26-32-14-3-10(28)12(30)5-16(14)35(26)24-22(41)20(39)18(7-37)43-24)27-33-15-4-11(29)13(31)6-17(15)36(27)25-23(42)21(40)19(8-38)44-25/h3-6,9,18-25,37-42H,7-8H2,1-2H3/t18-,19+,20-,21+,22-,23+,24-,25+. The molecule has 0 radical (unpaired) electrons. The molecule has 2 saturated heterocycles. The first-order chi connectivity index (χ1) is 20.9. The van der Waals surface area contributed by atoms with Crippen LogP contribution in [-0.4, -0.2) is 106 Å². The van der Waals surface area contributed by atoms with Crippen LogP contribution in [0.2, 0.25) is 20.1 Å². The number of nitrogens with zero attached hydrogens (tertiary/aromatic N) is 5. The Morgan fingerprint density at radius 2 is 1.05 bits per heavy atom. The molecule has 0 amide bonds. The highest BCUT2D eigenvalue weighted by Crippen LogP contribution is 2.44. The van der Waals surface area contributed by atoms with Crippen LogP contribution in [0.1, 0.15) is 26.3 Å². The molecule has 2 fully saturated rings. The maximum absolute atomic E-state index is 11.1. The molecule has 6 N–H and O–H groups in total. The summed E-state index contributed by atoms with van der Waals surface area (Å²) in [5.74, 6) is 0.312. The molecular formula is C27H29Cl4N5O8. The third-order valence-corrected chi connectivity index (χ3v) is 9.36. The zero-order chi connectivity index (χ0) is 31.8. The van der Waals surface area contributed by atoms with Crippen LogP contribution < -0.4 is 4.90 Å². The number of aromatic nitrogens is 4. The molecule has 2 aliphatic rings. The average molecular weight is 693 g/mol. The number of ether oxygens (including phenoxy) is 2. The van der Waals surface area contributed by atoms with E-state index in [1.54, 1.807) is 4.90 Å². The van der Waals surface area contributed by atoms with E-state index in [1.165, 1.54) is 33.4 Å². The Kier molecular flexibility index (Phi) is 8.72. The van der Waals surface area contributed by atoms with Crippen molar-refractivity contribution in [1.29, 1.82) is 0 Å². The molecule has 2 aromatic heterocycles. The lowest BCUT2D eigenvalue weighted by molar-refractivity contribution is -0.0513. The summed E-state index contributed by atoms with van der Waals surface area (Å²) >= 11 is 25.5. The zero-order valence-corrected chi connectivity index (χ0v) is 26.2. The molecule has 4 heterocycles. The van der Waals surface area contributed by atoms with E-state index in [1.807, 2.05) is 13.8 Å². The summed E-state index contributed by atoms with van der Waals surface area (Å²) in [5.41, 5.74) is 1.49. The summed E-state index contributed by atoms with van der Waals surface area (Å²) in [4.78, 5) is 11.3. The molecule has 0 bridgehead atoms. The lowest BCUT2D eigenvalue weighted by Crippen LogP contribution is -2.36. The van der Waals surface area contributed by atoms with E-state index in [2.05, 4.69) is 0 Å². The minimum absolute atomic E-state index is 0.156. The second-order valence-electron chi connectivity index (χ2n) is 11.0. The predicted octanol–water partition coefficient (Wildman–Crippen LogP) is 2.77. The highest BCUT2D eigenvalue weighted by atomic mass is 35.5. The Morgan fingerprint density at radius 3 is 1.36 bits per heavy atom. The fourth-order valence-electron chi connectivity index (χ4n) is 5.73. The molecule has 238 valence electrons. The number of fused-ring (bicyclic) bond motifs is 2. The zero-order valence-electron chi connectivity index (χ0n) is 23.2. The predicted molar refractivity (Wildman–Crippen MR) is 163 cm³/mol. The number of rotatable bonds is 7. The van der Waals surface area contributed by atoms with Gasteiger partial charge < -0.3 is 40.1 Å². The first-order valence-corrected chi connectivity index (χ1v) is 15.2. The van der Waals surface area contributed by atoms with Crippen molar-refractivity contribution in [3.05, 3.63) is 44.4 Å². The van der Waals surface area contributed by atoms with Gasteiger partial charge in [-0.3, -0.25) is 14.0 Å². The molecule has 2 aromatic carbocycles. The van der Waals surface area contributed by atoms with E-state index in [4.69, 9.17) is 65.8 Å². The Morgan fingerprint density at radius 1 is 0.682 bits per heavy atom. The van der Waals surface area contributed by atoms with Crippen molar-refractivity contribution in [2.45, 2.75) is 69.0 Å². The summed E-state index contributed by atoms with van der Waals surface area (Å²) in [6.07, 6.45) is -10.5. The number of hydrogen-bond donors (Lipinski definition) is 6. The van der Waals surface area contributed by atoms with Gasteiger partial charge in [-0.25, -0.2) is 9.97 Å². The molecule has 0 spiro atoms. The molecular weight excluding hydrogens is 664 g/mol. The third-order valence-electron chi connectivity index (χ3n) is 7.92. The molecule has 8 atom stereocenters. The van der Waals surface area contributed by atoms with Gasteiger partial charge in [0.05, 0.1) is 55.4 Å². The minimum Gasteiger partial charge on any atom is -0.394 e. The van der Waals surface area contributed by atoms with Crippen molar-refractivity contribution in [1.82, 2.24) is 19.1 Å². The Bertz CT molecular complexity index is 1600. The van der Waals surface area contributed by atoms with Crippen LogP contribution in [0, 0.1) is 0 Å². The lowest BCUT2D eigenvalue weighted by atomic mass is 10.1. The fourth-order valence-corrected chi connectivity index (χ4v) is 6.37. The Labute approximate surface area is 270 Å². The monoisotopic (exact) mass is 691 g/mol. The average Bonchev–Trinajstić information content (AvgIpc) is 3.67. The van der Waals surface area contributed by atoms with Crippen LogP contribution in [0.4, 0.5) is 11.9 Å². The van der Waals surface area contributed by atoms with Crippen LogP contribution in [0.3, 0.4) is 0 Å². The van der Waals surface area contributed by atoms with Gasteiger partial charge in [-0.2, -0.15) is 0 Å². The second-order valence-corrected chi connectivity index (χ2v) is 12.6. The summed E-state index contributed by atoms with van der Waals surface area (Å²) < 4.78 is 14.9. The van der Waals surface area contributed by atoms with Crippen molar-refractivity contribution in [3.63, 3.8) is 0 Å². The van der Waals surface area contributed by atoms with E-state index < -0.39 is 68.3 Å². The SMILES string of the molecule is CC(C)N(c1nc2cc(Cl)c(Cl)cc2n1[C@@H]1O[C@H](CO)[C@@H](O)[C@H]1O)c1nc2cc(Cl)c(Cl)cc2n1[C@H]1O[C@@H](CO)[C@H](O)[C@@H]1O. The normalized spacial score (nSPS) is 29.1. The van der Waals surface area contributed by atoms with E-state index in [-0.39, 0.29) is 32.0 Å². The van der Waals surface area contributed by atoms with Crippen LogP contribution in [0.25, 0.3) is 22.1 Å². The highest BCUT2D eigenvalue weighted by molar-refractivity contribution is 6.43. The van der Waals surface area contributed by atoms with Gasteiger partial charge in [-0.1, -0.05) is 46.4 Å². The first kappa shape index (κ1) is 32.0. The van der Waals surface area contributed by atoms with E-state index in [0.717, 1.165) is 0 Å². The number of anilines is 2. The number of benzene rings is 2. The van der Waals surface area contributed by atoms with Crippen molar-refractivity contribution in [3.8, 4) is 0 Å². The van der Waals surface area contributed by atoms with Crippen LogP contribution >= 0.6 is 46.4 Å². The van der Waals surface area contributed by atoms with Crippen molar-refractivity contribution in [2.75, 3.05) is 18.1 Å². The number of aliphatic hydroxyl groups excluding tert-OH is 6. The second kappa shape index (κ2) is 12.0. The van der Waals surface area contributed by atoms with Crippen molar-refractivity contribution < 1.29 is 40.1 Å². The maximum Gasteiger partial charge on any atom is 0.215 e. The smallest absolute Gasteiger partial charge is 0.215 e. The molecule has 44 heavy (non-hydrogen) atoms. The Hall–Kier alpha value is -1.98. The van der Waals surface area contributed by atoms with Gasteiger partial charge in [0.25, 0.3) is 0 Å². The molecule has 4 aromatic rings. The highest BCUT2D eigenvalue weighted by Gasteiger charge is 2.48. The minimum atomic E-state index is -1.48. The van der Waals surface area contributed by atoms with Gasteiger partial charge in [-0.15, -0.1) is 0 Å². The first-order valence-electron chi connectivity index (χ1n) is 13.7. The van der Waals surface area contributed by atoms with Gasteiger partial charge in [0, 0.05) is 6.04 Å².